The van der Waals surface area contributed by atoms with Crippen LogP contribution in [0.1, 0.15) is 60.5 Å². The molecule has 0 aliphatic heterocycles. The molecular weight excluding hydrogens is 322 g/mol. The van der Waals surface area contributed by atoms with Gasteiger partial charge < -0.3 is 10.1 Å². The van der Waals surface area contributed by atoms with Crippen molar-refractivity contribution in [2.45, 2.75) is 65.5 Å². The van der Waals surface area contributed by atoms with E-state index in [0.29, 0.717) is 6.42 Å². The lowest BCUT2D eigenvalue weighted by Crippen LogP contribution is -2.39. The third kappa shape index (κ3) is 4.09. The maximum Gasteiger partial charge on any atom is 0.261 e. The Hall–Kier alpha value is -2.29. The average molecular weight is 351 g/mol. The lowest BCUT2D eigenvalue weighted by molar-refractivity contribution is -0.128. The zero-order valence-electron chi connectivity index (χ0n) is 16.3. The fraction of sp³-hybridized carbons (Fsp3) is 0.435. The monoisotopic (exact) mass is 351 g/mol. The lowest BCUT2D eigenvalue weighted by atomic mass is 10.0. The lowest BCUT2D eigenvalue weighted by Gasteiger charge is -2.22. The minimum absolute atomic E-state index is 0.0230. The second kappa shape index (κ2) is 7.94. The van der Waals surface area contributed by atoms with Crippen molar-refractivity contribution < 1.29 is 9.53 Å². The van der Waals surface area contributed by atoms with Crippen molar-refractivity contribution in [2.24, 2.45) is 0 Å². The molecule has 0 saturated heterocycles. The number of fused-ring (bicyclic) bond motifs is 1. The van der Waals surface area contributed by atoms with Gasteiger partial charge in [0.15, 0.2) is 6.10 Å². The summed E-state index contributed by atoms with van der Waals surface area (Å²) in [6.45, 7) is 8.09. The van der Waals surface area contributed by atoms with Gasteiger partial charge in [-0.15, -0.1) is 0 Å². The number of aryl methyl sites for hydroxylation is 4. The summed E-state index contributed by atoms with van der Waals surface area (Å²) < 4.78 is 6.01. The highest BCUT2D eigenvalue weighted by Gasteiger charge is 2.22. The zero-order valence-corrected chi connectivity index (χ0v) is 16.3. The normalized spacial score (nSPS) is 15.2. The number of carbonyl (C=O) groups is 1. The van der Waals surface area contributed by atoms with Gasteiger partial charge in [-0.05, 0) is 74.8 Å². The molecule has 3 rings (SSSR count). The molecule has 0 bridgehead atoms. The first-order valence-electron chi connectivity index (χ1n) is 9.64. The van der Waals surface area contributed by atoms with Gasteiger partial charge in [-0.2, -0.15) is 0 Å². The van der Waals surface area contributed by atoms with E-state index in [-0.39, 0.29) is 11.9 Å². The summed E-state index contributed by atoms with van der Waals surface area (Å²) in [4.78, 5) is 12.7. The van der Waals surface area contributed by atoms with Crippen LogP contribution in [0.5, 0.6) is 5.75 Å². The molecule has 26 heavy (non-hydrogen) atoms. The van der Waals surface area contributed by atoms with Crippen LogP contribution >= 0.6 is 0 Å². The highest BCUT2D eigenvalue weighted by Crippen LogP contribution is 2.26. The molecule has 2 aromatic carbocycles. The molecule has 2 atom stereocenters. The van der Waals surface area contributed by atoms with Crippen LogP contribution in [0.25, 0.3) is 0 Å². The van der Waals surface area contributed by atoms with Gasteiger partial charge in [-0.3, -0.25) is 4.79 Å². The van der Waals surface area contributed by atoms with E-state index in [4.69, 9.17) is 4.74 Å². The second-order valence-electron chi connectivity index (χ2n) is 7.40. The molecule has 0 radical (unpaired) electrons. The van der Waals surface area contributed by atoms with Crippen LogP contribution in [-0.4, -0.2) is 12.0 Å². The summed E-state index contributed by atoms with van der Waals surface area (Å²) in [6.07, 6.45) is 3.72. The van der Waals surface area contributed by atoms with Gasteiger partial charge in [0.05, 0.1) is 6.04 Å². The molecule has 3 heteroatoms. The maximum atomic E-state index is 12.7. The van der Waals surface area contributed by atoms with E-state index in [1.165, 1.54) is 35.1 Å². The second-order valence-corrected chi connectivity index (χ2v) is 7.40. The molecule has 3 nitrogen and oxygen atoms in total. The van der Waals surface area contributed by atoms with Crippen molar-refractivity contribution in [3.05, 3.63) is 64.2 Å². The predicted octanol–water partition coefficient (Wildman–Crippen LogP) is 4.83. The van der Waals surface area contributed by atoms with Gasteiger partial charge in [0.25, 0.3) is 5.91 Å². The van der Waals surface area contributed by atoms with Gasteiger partial charge in [0.1, 0.15) is 5.75 Å². The Morgan fingerprint density at radius 1 is 1.12 bits per heavy atom. The van der Waals surface area contributed by atoms with Crippen LogP contribution in [0.3, 0.4) is 0 Å². The van der Waals surface area contributed by atoms with Gasteiger partial charge >= 0.3 is 0 Å². The molecule has 0 aromatic heterocycles. The van der Waals surface area contributed by atoms with Gasteiger partial charge in [0.2, 0.25) is 0 Å². The first kappa shape index (κ1) is 18.5. The number of hydrogen-bond donors (Lipinski definition) is 1. The summed E-state index contributed by atoms with van der Waals surface area (Å²) >= 11 is 0. The molecule has 138 valence electrons. The number of rotatable bonds is 6. The van der Waals surface area contributed by atoms with E-state index in [2.05, 4.69) is 36.5 Å². The third-order valence-corrected chi connectivity index (χ3v) is 5.24. The van der Waals surface area contributed by atoms with E-state index in [1.807, 2.05) is 32.9 Å². The fourth-order valence-electron chi connectivity index (χ4n) is 3.66. The van der Waals surface area contributed by atoms with E-state index in [1.54, 1.807) is 0 Å². The number of carbonyl (C=O) groups excluding carboxylic acids is 1. The molecule has 0 fully saturated rings. The Kier molecular flexibility index (Phi) is 5.65. The first-order chi connectivity index (χ1) is 12.5. The van der Waals surface area contributed by atoms with E-state index in [0.717, 1.165) is 17.7 Å². The quantitative estimate of drug-likeness (QED) is 0.810. The van der Waals surface area contributed by atoms with Crippen molar-refractivity contribution in [1.29, 1.82) is 0 Å². The van der Waals surface area contributed by atoms with Crippen molar-refractivity contribution in [3.8, 4) is 5.75 Å². The molecular formula is C23H29NO2. The summed E-state index contributed by atoms with van der Waals surface area (Å²) in [5.74, 6) is 0.725. The maximum absolute atomic E-state index is 12.7. The van der Waals surface area contributed by atoms with Gasteiger partial charge in [-0.1, -0.05) is 42.8 Å². The first-order valence-corrected chi connectivity index (χ1v) is 9.64. The molecule has 2 unspecified atom stereocenters. The Morgan fingerprint density at radius 2 is 1.88 bits per heavy atom. The average Bonchev–Trinajstić information content (AvgIpc) is 3.08. The number of ether oxygens (including phenoxy) is 1. The number of amides is 1. The Morgan fingerprint density at radius 3 is 2.62 bits per heavy atom. The van der Waals surface area contributed by atoms with Gasteiger partial charge in [-0.25, -0.2) is 0 Å². The minimum Gasteiger partial charge on any atom is -0.480 e. The van der Waals surface area contributed by atoms with E-state index >= 15 is 0 Å². The summed E-state index contributed by atoms with van der Waals surface area (Å²) in [7, 11) is 0. The van der Waals surface area contributed by atoms with Crippen molar-refractivity contribution in [3.63, 3.8) is 0 Å². The van der Waals surface area contributed by atoms with Crippen LogP contribution in [0.15, 0.2) is 36.4 Å². The fourth-order valence-corrected chi connectivity index (χ4v) is 3.66. The highest BCUT2D eigenvalue weighted by atomic mass is 16.5. The number of nitrogens with one attached hydrogen (secondary N) is 1. The molecule has 1 aliphatic rings. The van der Waals surface area contributed by atoms with Crippen LogP contribution in [0.2, 0.25) is 0 Å². The minimum atomic E-state index is -0.478. The zero-order chi connectivity index (χ0) is 18.7. The smallest absolute Gasteiger partial charge is 0.261 e. The van der Waals surface area contributed by atoms with Crippen LogP contribution < -0.4 is 10.1 Å². The van der Waals surface area contributed by atoms with Crippen LogP contribution in [0, 0.1) is 13.8 Å². The molecule has 0 spiro atoms. The standard InChI is InChI=1S/C23H29NO2/c1-5-21(26-22-12-9-15(2)13-16(22)3)23(25)24-17(4)19-11-10-18-7-6-8-20(18)14-19/h9-14,17,21H,5-8H2,1-4H3,(H,24,25). The molecule has 2 aromatic rings. The summed E-state index contributed by atoms with van der Waals surface area (Å²) in [5.41, 5.74) is 6.31. The van der Waals surface area contributed by atoms with Crippen molar-refractivity contribution >= 4 is 5.91 Å². The highest BCUT2D eigenvalue weighted by molar-refractivity contribution is 5.81. The predicted molar refractivity (Wildman–Crippen MR) is 106 cm³/mol. The van der Waals surface area contributed by atoms with E-state index in [9.17, 15) is 4.79 Å². The molecule has 1 N–H and O–H groups in total. The molecule has 1 aliphatic carbocycles. The SMILES string of the molecule is CCC(Oc1ccc(C)cc1C)C(=O)NC(C)c1ccc2c(c1)CCC2. The molecule has 0 saturated carbocycles. The Bertz CT molecular complexity index is 797. The summed E-state index contributed by atoms with van der Waals surface area (Å²) in [6, 6.07) is 12.6. The largest absolute Gasteiger partial charge is 0.480 e. The Labute approximate surface area is 156 Å². The summed E-state index contributed by atoms with van der Waals surface area (Å²) in [5, 5.41) is 3.13. The Balaban J connectivity index is 1.66. The van der Waals surface area contributed by atoms with E-state index < -0.39 is 6.10 Å². The topological polar surface area (TPSA) is 38.3 Å². The molecule has 1 amide bonds. The third-order valence-electron chi connectivity index (χ3n) is 5.24. The van der Waals surface area contributed by atoms with Crippen molar-refractivity contribution in [2.75, 3.05) is 0 Å². The van der Waals surface area contributed by atoms with Crippen molar-refractivity contribution in [1.82, 2.24) is 5.32 Å². The number of hydrogen-bond acceptors (Lipinski definition) is 2. The number of benzene rings is 2. The van der Waals surface area contributed by atoms with Gasteiger partial charge in [0, 0.05) is 0 Å². The van der Waals surface area contributed by atoms with Crippen LogP contribution in [0.4, 0.5) is 0 Å². The molecule has 0 heterocycles. The van der Waals surface area contributed by atoms with Crippen LogP contribution in [-0.2, 0) is 17.6 Å².